The van der Waals surface area contributed by atoms with E-state index in [1.54, 1.807) is 16.9 Å². The number of hydrogen-bond donors (Lipinski definition) is 1. The maximum absolute atomic E-state index is 12.6. The summed E-state index contributed by atoms with van der Waals surface area (Å²) in [5, 5.41) is 7.85. The Morgan fingerprint density at radius 1 is 1.16 bits per heavy atom. The minimum Gasteiger partial charge on any atom is -0.378 e. The molecule has 6 heteroatoms. The highest BCUT2D eigenvalue weighted by atomic mass is 35.5. The van der Waals surface area contributed by atoms with Crippen molar-refractivity contribution in [2.24, 2.45) is 0 Å². The van der Waals surface area contributed by atoms with Gasteiger partial charge < -0.3 is 10.2 Å². The van der Waals surface area contributed by atoms with Crippen LogP contribution in [0.25, 0.3) is 5.69 Å². The van der Waals surface area contributed by atoms with Gasteiger partial charge in [-0.2, -0.15) is 5.10 Å². The van der Waals surface area contributed by atoms with Crippen molar-refractivity contribution in [1.29, 1.82) is 0 Å². The van der Waals surface area contributed by atoms with Crippen LogP contribution in [0.5, 0.6) is 0 Å². The minimum absolute atomic E-state index is 0.191. The third kappa shape index (κ3) is 3.67. The highest BCUT2D eigenvalue weighted by Gasteiger charge is 2.15. The van der Waals surface area contributed by atoms with Crippen LogP contribution in [0.1, 0.15) is 16.1 Å². The van der Waals surface area contributed by atoms with Gasteiger partial charge in [0.05, 0.1) is 23.1 Å². The molecule has 0 spiro atoms. The Morgan fingerprint density at radius 2 is 1.88 bits per heavy atom. The molecule has 128 valence electrons. The average Bonchev–Trinajstić information content (AvgIpc) is 2.97. The van der Waals surface area contributed by atoms with Crippen LogP contribution in [0.4, 0.5) is 11.4 Å². The standard InChI is InChI=1S/C19H19ClN4O/c1-13-18(12-21-24(13)17-6-4-5-14(20)11-17)19(25)22-15-7-9-16(10-8-15)23(2)3/h4-12H,1-3H3,(H,22,25). The third-order valence-electron chi connectivity index (χ3n) is 3.95. The van der Waals surface area contributed by atoms with Crippen LogP contribution in [0, 0.1) is 6.92 Å². The van der Waals surface area contributed by atoms with Crippen LogP contribution < -0.4 is 10.2 Å². The van der Waals surface area contributed by atoms with Crippen molar-refractivity contribution in [2.75, 3.05) is 24.3 Å². The van der Waals surface area contributed by atoms with Crippen LogP contribution in [0.15, 0.2) is 54.7 Å². The molecule has 0 fully saturated rings. The lowest BCUT2D eigenvalue weighted by Crippen LogP contribution is -2.13. The summed E-state index contributed by atoms with van der Waals surface area (Å²) in [6, 6.07) is 15.0. The van der Waals surface area contributed by atoms with Crippen molar-refractivity contribution in [2.45, 2.75) is 6.92 Å². The molecule has 0 saturated heterocycles. The average molecular weight is 355 g/mol. The molecule has 0 aliphatic carbocycles. The van der Waals surface area contributed by atoms with Crippen LogP contribution >= 0.6 is 11.6 Å². The van der Waals surface area contributed by atoms with Crippen LogP contribution in [-0.2, 0) is 0 Å². The molecule has 5 nitrogen and oxygen atoms in total. The summed E-state index contributed by atoms with van der Waals surface area (Å²) in [7, 11) is 3.95. The number of rotatable bonds is 4. The van der Waals surface area contributed by atoms with Gasteiger partial charge in [-0.15, -0.1) is 0 Å². The normalized spacial score (nSPS) is 10.6. The monoisotopic (exact) mass is 354 g/mol. The molecule has 25 heavy (non-hydrogen) atoms. The Hall–Kier alpha value is -2.79. The van der Waals surface area contributed by atoms with Gasteiger partial charge in [-0.1, -0.05) is 17.7 Å². The van der Waals surface area contributed by atoms with Gasteiger partial charge in [0.15, 0.2) is 0 Å². The predicted octanol–water partition coefficient (Wildman–Crippen LogP) is 4.15. The first-order chi connectivity index (χ1) is 12.0. The largest absolute Gasteiger partial charge is 0.378 e. The zero-order chi connectivity index (χ0) is 18.0. The van der Waals surface area contributed by atoms with E-state index < -0.39 is 0 Å². The van der Waals surface area contributed by atoms with Gasteiger partial charge in [0, 0.05) is 30.5 Å². The molecule has 0 bridgehead atoms. The first kappa shape index (κ1) is 17.0. The van der Waals surface area contributed by atoms with Crippen molar-refractivity contribution in [1.82, 2.24) is 9.78 Å². The van der Waals surface area contributed by atoms with E-state index in [2.05, 4.69) is 10.4 Å². The number of anilines is 2. The van der Waals surface area contributed by atoms with Crippen molar-refractivity contribution in [3.8, 4) is 5.69 Å². The zero-order valence-corrected chi connectivity index (χ0v) is 15.1. The zero-order valence-electron chi connectivity index (χ0n) is 14.3. The van der Waals surface area contributed by atoms with Gasteiger partial charge in [-0.3, -0.25) is 4.79 Å². The summed E-state index contributed by atoms with van der Waals surface area (Å²) in [6.07, 6.45) is 1.57. The van der Waals surface area contributed by atoms with E-state index >= 15 is 0 Å². The second kappa shape index (κ2) is 6.99. The van der Waals surface area contributed by atoms with Crippen molar-refractivity contribution < 1.29 is 4.79 Å². The molecule has 3 rings (SSSR count). The number of hydrogen-bond acceptors (Lipinski definition) is 3. The quantitative estimate of drug-likeness (QED) is 0.765. The molecule has 0 aliphatic heterocycles. The summed E-state index contributed by atoms with van der Waals surface area (Å²) in [4.78, 5) is 14.6. The molecule has 0 unspecified atom stereocenters. The molecule has 3 aromatic rings. The molecule has 2 aromatic carbocycles. The number of amides is 1. The lowest BCUT2D eigenvalue weighted by molar-refractivity contribution is 0.102. The Morgan fingerprint density at radius 3 is 2.52 bits per heavy atom. The highest BCUT2D eigenvalue weighted by Crippen LogP contribution is 2.20. The molecule has 0 saturated carbocycles. The number of nitrogens with zero attached hydrogens (tertiary/aromatic N) is 3. The number of halogens is 1. The maximum atomic E-state index is 12.6. The first-order valence-corrected chi connectivity index (χ1v) is 8.23. The first-order valence-electron chi connectivity index (χ1n) is 7.85. The number of carbonyl (C=O) groups excluding carboxylic acids is 1. The smallest absolute Gasteiger partial charge is 0.259 e. The van der Waals surface area contributed by atoms with E-state index in [1.165, 1.54) is 0 Å². The second-order valence-electron chi connectivity index (χ2n) is 5.93. The Bertz CT molecular complexity index is 900. The minimum atomic E-state index is -0.191. The third-order valence-corrected chi connectivity index (χ3v) is 4.18. The van der Waals surface area contributed by atoms with Crippen molar-refractivity contribution in [3.05, 3.63) is 71.0 Å². The van der Waals surface area contributed by atoms with Crippen LogP contribution in [0.2, 0.25) is 5.02 Å². The molecule has 1 aromatic heterocycles. The molecule has 0 aliphatic rings. The lowest BCUT2D eigenvalue weighted by Gasteiger charge is -2.13. The van der Waals surface area contributed by atoms with Gasteiger partial charge in [-0.05, 0) is 49.4 Å². The predicted molar refractivity (Wildman–Crippen MR) is 102 cm³/mol. The van der Waals surface area contributed by atoms with Gasteiger partial charge in [-0.25, -0.2) is 4.68 Å². The summed E-state index contributed by atoms with van der Waals surface area (Å²) < 4.78 is 1.70. The Balaban J connectivity index is 1.81. The molecule has 1 amide bonds. The Labute approximate surface area is 151 Å². The maximum Gasteiger partial charge on any atom is 0.259 e. The van der Waals surface area contributed by atoms with E-state index in [4.69, 9.17) is 11.6 Å². The van der Waals surface area contributed by atoms with Gasteiger partial charge in [0.25, 0.3) is 5.91 Å². The number of benzene rings is 2. The Kier molecular flexibility index (Phi) is 4.76. The van der Waals surface area contributed by atoms with Crippen LogP contribution in [-0.4, -0.2) is 29.8 Å². The van der Waals surface area contributed by atoms with E-state index in [1.807, 2.05) is 68.4 Å². The number of carbonyl (C=O) groups is 1. The van der Waals surface area contributed by atoms with Crippen molar-refractivity contribution in [3.63, 3.8) is 0 Å². The van der Waals surface area contributed by atoms with Gasteiger partial charge >= 0.3 is 0 Å². The summed E-state index contributed by atoms with van der Waals surface area (Å²) in [5.74, 6) is -0.191. The van der Waals surface area contributed by atoms with E-state index in [9.17, 15) is 4.79 Å². The fraction of sp³-hybridized carbons (Fsp3) is 0.158. The van der Waals surface area contributed by atoms with Gasteiger partial charge in [0.2, 0.25) is 0 Å². The second-order valence-corrected chi connectivity index (χ2v) is 6.37. The fourth-order valence-electron chi connectivity index (χ4n) is 2.54. The SMILES string of the molecule is Cc1c(C(=O)Nc2ccc(N(C)C)cc2)cnn1-c1cccc(Cl)c1. The molecular weight excluding hydrogens is 336 g/mol. The fourth-order valence-corrected chi connectivity index (χ4v) is 2.73. The summed E-state index contributed by atoms with van der Waals surface area (Å²) >= 11 is 6.03. The highest BCUT2D eigenvalue weighted by molar-refractivity contribution is 6.30. The summed E-state index contributed by atoms with van der Waals surface area (Å²) in [6.45, 7) is 1.86. The molecule has 0 atom stereocenters. The topological polar surface area (TPSA) is 50.2 Å². The van der Waals surface area contributed by atoms with E-state index in [-0.39, 0.29) is 5.91 Å². The van der Waals surface area contributed by atoms with Gasteiger partial charge in [0.1, 0.15) is 0 Å². The lowest BCUT2D eigenvalue weighted by atomic mass is 10.2. The van der Waals surface area contributed by atoms with Crippen LogP contribution in [0.3, 0.4) is 0 Å². The molecule has 1 heterocycles. The molecule has 0 radical (unpaired) electrons. The molecule has 1 N–H and O–H groups in total. The molecular formula is C19H19ClN4O. The number of nitrogens with one attached hydrogen (secondary N) is 1. The van der Waals surface area contributed by atoms with E-state index in [0.717, 1.165) is 22.8 Å². The number of aromatic nitrogens is 2. The summed E-state index contributed by atoms with van der Waals surface area (Å²) in [5.41, 5.74) is 3.91. The van der Waals surface area contributed by atoms with E-state index in [0.29, 0.717) is 10.6 Å². The van der Waals surface area contributed by atoms with Crippen molar-refractivity contribution >= 4 is 28.9 Å².